The zero-order chi connectivity index (χ0) is 30.9. The van der Waals surface area contributed by atoms with Gasteiger partial charge in [-0.1, -0.05) is 27.7 Å². The molecule has 0 aliphatic heterocycles. The van der Waals surface area contributed by atoms with Crippen molar-refractivity contribution in [3.63, 3.8) is 0 Å². The second kappa shape index (κ2) is 25.6. The topological polar surface area (TPSA) is 71.1 Å². The van der Waals surface area contributed by atoms with Crippen molar-refractivity contribution in [3.8, 4) is 11.8 Å². The summed E-state index contributed by atoms with van der Waals surface area (Å²) in [5.41, 5.74) is 0.888. The van der Waals surface area contributed by atoms with Crippen LogP contribution in [0.25, 0.3) is 0 Å². The van der Waals surface area contributed by atoms with E-state index < -0.39 is 6.11 Å². The molecule has 1 spiro atoms. The first kappa shape index (κ1) is 43.3. The molecule has 6 nitrogen and oxygen atoms in total. The molecule has 3 saturated carbocycles. The van der Waals surface area contributed by atoms with E-state index in [1.807, 2.05) is 13.8 Å². The summed E-state index contributed by atoms with van der Waals surface area (Å²) in [6, 6.07) is 0. The van der Waals surface area contributed by atoms with E-state index in [1.165, 1.54) is 66.6 Å². The molecule has 0 N–H and O–H groups in total. The van der Waals surface area contributed by atoms with Crippen molar-refractivity contribution in [2.75, 3.05) is 35.5 Å². The van der Waals surface area contributed by atoms with Gasteiger partial charge < -0.3 is 18.9 Å². The molecule has 3 fully saturated rings. The molecule has 0 unspecified atom stereocenters. The average molecular weight is 553 g/mol. The molecule has 0 heterocycles. The second-order valence-electron chi connectivity index (χ2n) is 10.5. The van der Waals surface area contributed by atoms with Crippen molar-refractivity contribution >= 4 is 11.9 Å². The number of ether oxygens (including phenoxy) is 4. The van der Waals surface area contributed by atoms with Gasteiger partial charge in [0.05, 0.1) is 14.2 Å². The fraction of sp³-hybridized carbons (Fsp3) is 0.867. The van der Waals surface area contributed by atoms with Crippen molar-refractivity contribution in [3.05, 3.63) is 0 Å². The molecular formula is C30H58F2O6. The zero-order valence-corrected chi connectivity index (χ0v) is 26.8. The van der Waals surface area contributed by atoms with E-state index in [0.717, 1.165) is 36.2 Å². The molecule has 0 saturated heterocycles. The predicted molar refractivity (Wildman–Crippen MR) is 152 cm³/mol. The number of carbonyl (C=O) groups excluding carboxylic acids is 2. The van der Waals surface area contributed by atoms with E-state index in [0.29, 0.717) is 6.92 Å². The molecule has 228 valence electrons. The summed E-state index contributed by atoms with van der Waals surface area (Å²) >= 11 is 0. The van der Waals surface area contributed by atoms with E-state index >= 15 is 0 Å². The number of carbonyl (C=O) groups is 2. The molecule has 8 heteroatoms. The highest BCUT2D eigenvalue weighted by Crippen LogP contribution is 2.60. The molecule has 3 aliphatic rings. The Bertz CT molecular complexity index is 573. The van der Waals surface area contributed by atoms with Crippen LogP contribution in [0.4, 0.5) is 8.78 Å². The number of halogens is 2. The van der Waals surface area contributed by atoms with Crippen molar-refractivity contribution in [1.29, 1.82) is 0 Å². The van der Waals surface area contributed by atoms with Crippen LogP contribution in [0.2, 0.25) is 0 Å². The molecule has 3 aliphatic carbocycles. The SMILES string of the molecule is CC#CC.CC1CC(C)C1.CC1CC2(C1)CC(C)C2.COC.COC(C)(F)F.COC(C)=O.COC(C)=O. The maximum Gasteiger partial charge on any atom is 0.352 e. The third-order valence-corrected chi connectivity index (χ3v) is 5.92. The first-order valence-electron chi connectivity index (χ1n) is 13.2. The van der Waals surface area contributed by atoms with Gasteiger partial charge in [-0.25, -0.2) is 0 Å². The number of hydrogen-bond donors (Lipinski definition) is 0. The normalized spacial score (nSPS) is 25.1. The van der Waals surface area contributed by atoms with Gasteiger partial charge in [0.15, 0.2) is 0 Å². The van der Waals surface area contributed by atoms with Crippen LogP contribution in [0.1, 0.15) is 101 Å². The van der Waals surface area contributed by atoms with Gasteiger partial charge in [0, 0.05) is 42.1 Å². The van der Waals surface area contributed by atoms with Crippen molar-refractivity contribution < 1.29 is 37.3 Å². The van der Waals surface area contributed by atoms with Crippen LogP contribution in [-0.2, 0) is 28.5 Å². The van der Waals surface area contributed by atoms with Crippen LogP contribution >= 0.6 is 0 Å². The summed E-state index contributed by atoms with van der Waals surface area (Å²) in [4.78, 5) is 19.2. The summed E-state index contributed by atoms with van der Waals surface area (Å²) in [5, 5.41) is 0. The summed E-state index contributed by atoms with van der Waals surface area (Å²) in [6.07, 6.45) is 6.14. The van der Waals surface area contributed by atoms with Gasteiger partial charge in [-0.2, -0.15) is 8.78 Å². The second-order valence-corrected chi connectivity index (χ2v) is 10.5. The Morgan fingerprint density at radius 2 is 0.921 bits per heavy atom. The minimum Gasteiger partial charge on any atom is -0.469 e. The summed E-state index contributed by atoms with van der Waals surface area (Å²) in [7, 11) is 6.91. The number of rotatable bonds is 1. The molecule has 3 rings (SSSR count). The van der Waals surface area contributed by atoms with E-state index in [2.05, 4.69) is 58.5 Å². The number of hydrogen-bond acceptors (Lipinski definition) is 6. The molecule has 0 aromatic heterocycles. The lowest BCUT2D eigenvalue weighted by molar-refractivity contribution is -0.205. The predicted octanol–water partition coefficient (Wildman–Crippen LogP) is 7.78. The molecular weight excluding hydrogens is 494 g/mol. The van der Waals surface area contributed by atoms with Gasteiger partial charge in [-0.05, 0) is 81.5 Å². The summed E-state index contributed by atoms with van der Waals surface area (Å²) < 4.78 is 38.5. The Balaban J connectivity index is -0.000000183. The standard InChI is InChI=1S/C9H16.C6H12.C4H6.C3H6F2O.2C3H6O2.C2H6O/c1-7-3-9(4-7)5-8(2)6-9;1-5-3-6(2)4-5;1-3-4-2;1-3(4,5)6-2;2*1-3(4)5-2;1-3-2/h7-8H,3-6H2,1-2H3;5-6H,3-4H2,1-2H3;1-2H3;1-2H3;2*1-2H3;1-2H3. The van der Waals surface area contributed by atoms with Gasteiger partial charge in [-0.3, -0.25) is 9.59 Å². The van der Waals surface area contributed by atoms with Gasteiger partial charge in [0.1, 0.15) is 0 Å². The van der Waals surface area contributed by atoms with Crippen LogP contribution in [0.3, 0.4) is 0 Å². The van der Waals surface area contributed by atoms with Gasteiger partial charge in [0.25, 0.3) is 0 Å². The van der Waals surface area contributed by atoms with E-state index in [4.69, 9.17) is 0 Å². The maximum absolute atomic E-state index is 11.2. The number of esters is 2. The van der Waals surface area contributed by atoms with E-state index in [9.17, 15) is 18.4 Å². The molecule has 0 amide bonds. The first-order valence-corrected chi connectivity index (χ1v) is 13.2. The third kappa shape index (κ3) is 32.3. The highest BCUT2D eigenvalue weighted by atomic mass is 19.3. The Labute approximate surface area is 232 Å². The largest absolute Gasteiger partial charge is 0.469 e. The maximum atomic E-state index is 11.2. The molecule has 0 atom stereocenters. The Hall–Kier alpha value is -1.72. The van der Waals surface area contributed by atoms with Crippen LogP contribution in [0, 0.1) is 40.9 Å². The molecule has 0 aromatic rings. The number of alkyl halides is 2. The smallest absolute Gasteiger partial charge is 0.352 e. The molecule has 0 bridgehead atoms. The molecule has 0 aromatic carbocycles. The van der Waals surface area contributed by atoms with E-state index in [1.54, 1.807) is 14.2 Å². The molecule has 0 radical (unpaired) electrons. The first-order chi connectivity index (χ1) is 17.4. The summed E-state index contributed by atoms with van der Waals surface area (Å²) in [6.45, 7) is 16.5. The lowest BCUT2D eigenvalue weighted by atomic mass is 9.49. The Kier molecular flexibility index (Phi) is 29.1. The minimum atomic E-state index is -2.96. The van der Waals surface area contributed by atoms with Gasteiger partial charge in [0.2, 0.25) is 0 Å². The van der Waals surface area contributed by atoms with Crippen LogP contribution in [-0.4, -0.2) is 53.6 Å². The Morgan fingerprint density at radius 1 is 0.711 bits per heavy atom. The van der Waals surface area contributed by atoms with Crippen molar-refractivity contribution in [2.45, 2.75) is 107 Å². The van der Waals surface area contributed by atoms with Crippen LogP contribution in [0.5, 0.6) is 0 Å². The quantitative estimate of drug-likeness (QED) is 0.244. The highest BCUT2D eigenvalue weighted by Gasteiger charge is 2.49. The Morgan fingerprint density at radius 3 is 0.974 bits per heavy atom. The number of methoxy groups -OCH3 is 4. The average Bonchev–Trinajstić information content (AvgIpc) is 2.78. The van der Waals surface area contributed by atoms with Gasteiger partial charge in [-0.15, -0.1) is 11.8 Å². The highest BCUT2D eigenvalue weighted by molar-refractivity contribution is 5.65. The fourth-order valence-corrected chi connectivity index (χ4v) is 4.48. The van der Waals surface area contributed by atoms with Crippen LogP contribution < -0.4 is 0 Å². The lowest BCUT2D eigenvalue weighted by Crippen LogP contribution is -2.45. The third-order valence-electron chi connectivity index (χ3n) is 5.92. The fourth-order valence-electron chi connectivity index (χ4n) is 4.48. The zero-order valence-electron chi connectivity index (χ0n) is 26.8. The summed E-state index contributed by atoms with van der Waals surface area (Å²) in [5.74, 6) is 9.06. The van der Waals surface area contributed by atoms with Crippen molar-refractivity contribution in [2.24, 2.45) is 29.1 Å². The lowest BCUT2D eigenvalue weighted by Gasteiger charge is -2.56. The van der Waals surface area contributed by atoms with Crippen LogP contribution in [0.15, 0.2) is 0 Å². The monoisotopic (exact) mass is 552 g/mol. The molecule has 38 heavy (non-hydrogen) atoms. The van der Waals surface area contributed by atoms with Crippen molar-refractivity contribution in [1.82, 2.24) is 0 Å². The minimum absolute atomic E-state index is 0.245. The van der Waals surface area contributed by atoms with E-state index in [-0.39, 0.29) is 11.9 Å². The van der Waals surface area contributed by atoms with Gasteiger partial charge >= 0.3 is 18.0 Å².